The number of aliphatic carboxylic acids is 1. The molecule has 0 heterocycles. The van der Waals surface area contributed by atoms with Crippen molar-refractivity contribution >= 4 is 5.97 Å². The topological polar surface area (TPSA) is 46.5 Å². The van der Waals surface area contributed by atoms with E-state index in [1.54, 1.807) is 13.8 Å². The molecule has 0 saturated heterocycles. The lowest BCUT2D eigenvalue weighted by molar-refractivity contribution is -0.140. The Balaban J connectivity index is 0.000000411. The van der Waals surface area contributed by atoms with E-state index in [-0.39, 0.29) is 11.5 Å². The van der Waals surface area contributed by atoms with Gasteiger partial charge in [-0.25, -0.2) is 0 Å². The molecule has 0 aliphatic heterocycles. The van der Waals surface area contributed by atoms with Gasteiger partial charge in [0.2, 0.25) is 0 Å². The summed E-state index contributed by atoms with van der Waals surface area (Å²) in [4.78, 5) is 9.70. The zero-order valence-electron chi connectivity index (χ0n) is 11.9. The van der Waals surface area contributed by atoms with Crippen LogP contribution in [0, 0.1) is 5.92 Å². The van der Waals surface area contributed by atoms with Crippen LogP contribution in [0.3, 0.4) is 0 Å². The lowest BCUT2D eigenvalue weighted by atomic mass is 10.1. The summed E-state index contributed by atoms with van der Waals surface area (Å²) in [5.74, 6) is -0.0237. The molecule has 102 valence electrons. The number of para-hydroxylation sites is 1. The molecule has 1 aromatic rings. The van der Waals surface area contributed by atoms with Crippen LogP contribution in [0.2, 0.25) is 0 Å². The molecule has 0 atom stereocenters. The van der Waals surface area contributed by atoms with E-state index in [2.05, 4.69) is 20.8 Å². The van der Waals surface area contributed by atoms with Crippen molar-refractivity contribution in [3.8, 4) is 5.75 Å². The fourth-order valence-electron chi connectivity index (χ4n) is 0.880. The third kappa shape index (κ3) is 7.71. The Kier molecular flexibility index (Phi) is 7.10. The molecule has 3 heteroatoms. The van der Waals surface area contributed by atoms with Crippen molar-refractivity contribution in [2.45, 2.75) is 46.6 Å². The third-order valence-electron chi connectivity index (χ3n) is 2.48. The second-order valence-electron chi connectivity index (χ2n) is 5.02. The van der Waals surface area contributed by atoms with Gasteiger partial charge in [-0.1, -0.05) is 39.0 Å². The van der Waals surface area contributed by atoms with Gasteiger partial charge in [0.1, 0.15) is 11.4 Å². The molecule has 0 radical (unpaired) electrons. The Morgan fingerprint density at radius 2 is 1.72 bits per heavy atom. The number of benzene rings is 1. The minimum absolute atomic E-state index is 0.0542. The molecule has 0 aromatic heterocycles. The van der Waals surface area contributed by atoms with Crippen LogP contribution in [-0.4, -0.2) is 16.7 Å². The minimum atomic E-state index is -0.741. The Bertz CT molecular complexity index is 342. The van der Waals surface area contributed by atoms with Crippen molar-refractivity contribution in [2.24, 2.45) is 5.92 Å². The summed E-state index contributed by atoms with van der Waals surface area (Å²) in [5.41, 5.74) is -0.0542. The summed E-state index contributed by atoms with van der Waals surface area (Å²) in [6.45, 7) is 9.60. The summed E-state index contributed by atoms with van der Waals surface area (Å²) in [6.07, 6.45) is 1.02. The summed E-state index contributed by atoms with van der Waals surface area (Å²) in [6, 6.07) is 9.93. The van der Waals surface area contributed by atoms with Crippen molar-refractivity contribution in [3.05, 3.63) is 30.3 Å². The maximum atomic E-state index is 9.70. The van der Waals surface area contributed by atoms with Crippen molar-refractivity contribution in [1.29, 1.82) is 0 Å². The van der Waals surface area contributed by atoms with Crippen LogP contribution < -0.4 is 4.74 Å². The maximum absolute atomic E-state index is 9.70. The van der Waals surface area contributed by atoms with E-state index < -0.39 is 5.97 Å². The van der Waals surface area contributed by atoms with Gasteiger partial charge in [0.05, 0.1) is 5.92 Å². The second-order valence-corrected chi connectivity index (χ2v) is 5.02. The molecule has 0 bridgehead atoms. The zero-order valence-corrected chi connectivity index (χ0v) is 11.9. The fourth-order valence-corrected chi connectivity index (χ4v) is 0.880. The highest BCUT2D eigenvalue weighted by molar-refractivity contribution is 5.68. The molecular weight excluding hydrogens is 228 g/mol. The standard InChI is InChI=1S/C11H16O.C4H8O2/c1-4-11(2,3)12-10-8-6-5-7-9-10;1-3(2)4(5)6/h5-9H,4H2,1-3H3;3H,1-2H3,(H,5,6). The van der Waals surface area contributed by atoms with Crippen LogP contribution in [0.5, 0.6) is 5.75 Å². The lowest BCUT2D eigenvalue weighted by Gasteiger charge is -2.24. The number of hydrogen-bond donors (Lipinski definition) is 1. The Morgan fingerprint density at radius 3 is 2.06 bits per heavy atom. The number of hydrogen-bond acceptors (Lipinski definition) is 2. The van der Waals surface area contributed by atoms with Crippen molar-refractivity contribution in [3.63, 3.8) is 0 Å². The molecule has 0 unspecified atom stereocenters. The van der Waals surface area contributed by atoms with Gasteiger partial charge in [-0.2, -0.15) is 0 Å². The predicted molar refractivity (Wildman–Crippen MR) is 73.9 cm³/mol. The largest absolute Gasteiger partial charge is 0.488 e. The smallest absolute Gasteiger partial charge is 0.305 e. The molecule has 1 rings (SSSR count). The van der Waals surface area contributed by atoms with Crippen molar-refractivity contribution < 1.29 is 14.6 Å². The third-order valence-corrected chi connectivity index (χ3v) is 2.48. The molecule has 0 aliphatic rings. The molecule has 0 fully saturated rings. The molecule has 0 amide bonds. The first kappa shape index (κ1) is 16.5. The van der Waals surface area contributed by atoms with Gasteiger partial charge < -0.3 is 9.84 Å². The zero-order chi connectivity index (χ0) is 14.2. The molecule has 18 heavy (non-hydrogen) atoms. The van der Waals surface area contributed by atoms with Crippen LogP contribution in [0.1, 0.15) is 41.0 Å². The molecule has 0 saturated carbocycles. The van der Waals surface area contributed by atoms with Crippen LogP contribution in [0.25, 0.3) is 0 Å². The van der Waals surface area contributed by atoms with Gasteiger partial charge in [0, 0.05) is 0 Å². The first-order valence-corrected chi connectivity index (χ1v) is 6.25. The molecule has 3 nitrogen and oxygen atoms in total. The number of carboxylic acid groups (broad SMARTS) is 1. The van der Waals surface area contributed by atoms with E-state index in [1.807, 2.05) is 30.3 Å². The van der Waals surface area contributed by atoms with E-state index in [0.29, 0.717) is 0 Å². The van der Waals surface area contributed by atoms with Gasteiger partial charge in [-0.3, -0.25) is 4.79 Å². The fraction of sp³-hybridized carbons (Fsp3) is 0.533. The quantitative estimate of drug-likeness (QED) is 0.881. The monoisotopic (exact) mass is 252 g/mol. The van der Waals surface area contributed by atoms with Crippen LogP contribution in [-0.2, 0) is 4.79 Å². The molecular formula is C15H24O3. The first-order chi connectivity index (χ1) is 8.28. The van der Waals surface area contributed by atoms with Crippen molar-refractivity contribution in [1.82, 2.24) is 0 Å². The summed E-state index contributed by atoms with van der Waals surface area (Å²) >= 11 is 0. The summed E-state index contributed by atoms with van der Waals surface area (Å²) in [5, 5.41) is 7.99. The van der Waals surface area contributed by atoms with Gasteiger partial charge in [-0.05, 0) is 32.4 Å². The second kappa shape index (κ2) is 7.75. The SMILES string of the molecule is CC(C)C(=O)O.CCC(C)(C)Oc1ccccc1. The van der Waals surface area contributed by atoms with Crippen LogP contribution in [0.4, 0.5) is 0 Å². The van der Waals surface area contributed by atoms with Gasteiger partial charge in [0.15, 0.2) is 0 Å². The Morgan fingerprint density at radius 1 is 1.28 bits per heavy atom. The highest BCUT2D eigenvalue weighted by Gasteiger charge is 2.15. The number of carbonyl (C=O) groups is 1. The predicted octanol–water partition coefficient (Wildman–Crippen LogP) is 3.98. The van der Waals surface area contributed by atoms with Crippen LogP contribution in [0.15, 0.2) is 30.3 Å². The first-order valence-electron chi connectivity index (χ1n) is 6.25. The highest BCUT2D eigenvalue weighted by atomic mass is 16.5. The minimum Gasteiger partial charge on any atom is -0.488 e. The van der Waals surface area contributed by atoms with Crippen molar-refractivity contribution in [2.75, 3.05) is 0 Å². The van der Waals surface area contributed by atoms with Gasteiger partial charge in [0.25, 0.3) is 0 Å². The van der Waals surface area contributed by atoms with E-state index in [4.69, 9.17) is 9.84 Å². The Hall–Kier alpha value is -1.51. The van der Waals surface area contributed by atoms with Gasteiger partial charge in [-0.15, -0.1) is 0 Å². The Labute approximate surface area is 110 Å². The van der Waals surface area contributed by atoms with E-state index in [0.717, 1.165) is 12.2 Å². The van der Waals surface area contributed by atoms with E-state index in [1.165, 1.54) is 0 Å². The number of rotatable bonds is 4. The molecule has 1 N–H and O–H groups in total. The highest BCUT2D eigenvalue weighted by Crippen LogP contribution is 2.19. The lowest BCUT2D eigenvalue weighted by Crippen LogP contribution is -2.26. The molecule has 1 aromatic carbocycles. The van der Waals surface area contributed by atoms with E-state index >= 15 is 0 Å². The molecule has 0 aliphatic carbocycles. The average molecular weight is 252 g/mol. The number of carboxylic acids is 1. The average Bonchev–Trinajstić information content (AvgIpc) is 2.30. The maximum Gasteiger partial charge on any atom is 0.305 e. The molecule has 0 spiro atoms. The summed E-state index contributed by atoms with van der Waals surface area (Å²) in [7, 11) is 0. The number of ether oxygens (including phenoxy) is 1. The van der Waals surface area contributed by atoms with E-state index in [9.17, 15) is 4.79 Å². The van der Waals surface area contributed by atoms with Gasteiger partial charge >= 0.3 is 5.97 Å². The van der Waals surface area contributed by atoms with Crippen LogP contribution >= 0.6 is 0 Å². The normalized spacial score (nSPS) is 10.6. The summed E-state index contributed by atoms with van der Waals surface area (Å²) < 4.78 is 5.75.